The zero-order valence-electron chi connectivity index (χ0n) is 6.90. The third-order valence-corrected chi connectivity index (χ3v) is 2.06. The smallest absolute Gasteiger partial charge is 0.262 e. The van der Waals surface area contributed by atoms with Crippen LogP contribution in [0.5, 0.6) is 0 Å². The summed E-state index contributed by atoms with van der Waals surface area (Å²) < 4.78 is 0. The van der Waals surface area contributed by atoms with Crippen molar-refractivity contribution in [3.05, 3.63) is 29.8 Å². The van der Waals surface area contributed by atoms with E-state index < -0.39 is 11.7 Å². The molecule has 2 rings (SSSR count). The van der Waals surface area contributed by atoms with Crippen molar-refractivity contribution in [2.45, 2.75) is 5.82 Å². The number of aliphatic imine (C=N–C) groups is 1. The number of hydrogen-bond acceptors (Lipinski definition) is 2. The number of primary amides is 1. The second-order valence-corrected chi connectivity index (χ2v) is 2.90. The first-order valence-corrected chi connectivity index (χ1v) is 3.93. The van der Waals surface area contributed by atoms with Gasteiger partial charge in [-0.1, -0.05) is 18.2 Å². The Morgan fingerprint density at radius 2 is 2.15 bits per heavy atom. The lowest BCUT2D eigenvalue weighted by molar-refractivity contribution is -0.112. The quantitative estimate of drug-likeness (QED) is 0.611. The monoisotopic (exact) mass is 170 g/mol. The SMILES string of the molecule is [B]C1C(C(N)=O)=Nc2ccccc21. The largest absolute Gasteiger partial charge is 0.365 e. The Morgan fingerprint density at radius 1 is 1.46 bits per heavy atom. The summed E-state index contributed by atoms with van der Waals surface area (Å²) in [6.45, 7) is 0. The third-order valence-electron chi connectivity index (χ3n) is 2.06. The minimum absolute atomic E-state index is 0.237. The Hall–Kier alpha value is -1.58. The van der Waals surface area contributed by atoms with Gasteiger partial charge in [0.15, 0.2) is 0 Å². The van der Waals surface area contributed by atoms with E-state index in [4.69, 9.17) is 13.6 Å². The summed E-state index contributed by atoms with van der Waals surface area (Å²) in [4.78, 5) is 14.9. The number of nitrogens with zero attached hydrogens (tertiary/aromatic N) is 1. The van der Waals surface area contributed by atoms with Gasteiger partial charge in [-0.15, -0.1) is 0 Å². The Labute approximate surface area is 77.1 Å². The predicted molar refractivity (Wildman–Crippen MR) is 51.2 cm³/mol. The Kier molecular flexibility index (Phi) is 1.69. The van der Waals surface area contributed by atoms with Gasteiger partial charge in [-0.2, -0.15) is 0 Å². The Morgan fingerprint density at radius 3 is 2.77 bits per heavy atom. The molecule has 0 aliphatic carbocycles. The fourth-order valence-electron chi connectivity index (χ4n) is 1.41. The van der Waals surface area contributed by atoms with Crippen LogP contribution >= 0.6 is 0 Å². The van der Waals surface area contributed by atoms with Crippen LogP contribution in [0, 0.1) is 0 Å². The molecule has 0 bridgehead atoms. The first-order valence-electron chi connectivity index (χ1n) is 3.93. The lowest BCUT2D eigenvalue weighted by atomic mass is 9.78. The van der Waals surface area contributed by atoms with E-state index in [1.165, 1.54) is 0 Å². The molecule has 3 nitrogen and oxygen atoms in total. The van der Waals surface area contributed by atoms with Gasteiger partial charge < -0.3 is 5.73 Å². The molecule has 0 saturated heterocycles. The zero-order chi connectivity index (χ0) is 9.42. The molecule has 1 unspecified atom stereocenters. The number of nitrogens with two attached hydrogens (primary N) is 1. The molecule has 2 N–H and O–H groups in total. The Balaban J connectivity index is 2.50. The number of para-hydroxylation sites is 1. The van der Waals surface area contributed by atoms with Gasteiger partial charge in [0.25, 0.3) is 5.91 Å². The molecule has 2 radical (unpaired) electrons. The number of carbonyl (C=O) groups is 1. The first kappa shape index (κ1) is 8.04. The van der Waals surface area contributed by atoms with Crippen molar-refractivity contribution < 1.29 is 4.79 Å². The van der Waals surface area contributed by atoms with Crippen molar-refractivity contribution in [3.8, 4) is 0 Å². The average molecular weight is 170 g/mol. The van der Waals surface area contributed by atoms with Crippen LogP contribution in [0.4, 0.5) is 5.69 Å². The lowest BCUT2D eigenvalue weighted by Gasteiger charge is -2.04. The highest BCUT2D eigenvalue weighted by atomic mass is 16.1. The highest BCUT2D eigenvalue weighted by molar-refractivity contribution is 6.50. The number of fused-ring (bicyclic) bond motifs is 1. The highest BCUT2D eigenvalue weighted by Gasteiger charge is 2.25. The minimum Gasteiger partial charge on any atom is -0.365 e. The molecular weight excluding hydrogens is 163 g/mol. The summed E-state index contributed by atoms with van der Waals surface area (Å²) >= 11 is 0. The van der Waals surface area contributed by atoms with Gasteiger partial charge in [0, 0.05) is 0 Å². The lowest BCUT2D eigenvalue weighted by Crippen LogP contribution is -2.26. The highest BCUT2D eigenvalue weighted by Crippen LogP contribution is 2.32. The predicted octanol–water partition coefficient (Wildman–Crippen LogP) is 0.468. The van der Waals surface area contributed by atoms with E-state index in [9.17, 15) is 4.79 Å². The summed E-state index contributed by atoms with van der Waals surface area (Å²) in [7, 11) is 5.76. The van der Waals surface area contributed by atoms with Crippen LogP contribution in [0.2, 0.25) is 0 Å². The van der Waals surface area contributed by atoms with E-state index in [-0.39, 0.29) is 5.71 Å². The molecule has 1 amide bonds. The van der Waals surface area contributed by atoms with Crippen molar-refractivity contribution in [2.24, 2.45) is 10.7 Å². The molecule has 0 saturated carbocycles. The van der Waals surface area contributed by atoms with E-state index in [1.54, 1.807) is 0 Å². The van der Waals surface area contributed by atoms with Gasteiger partial charge in [-0.3, -0.25) is 4.79 Å². The molecule has 1 aliphatic heterocycles. The van der Waals surface area contributed by atoms with Crippen LogP contribution in [0.1, 0.15) is 11.4 Å². The molecule has 1 aliphatic rings. The zero-order valence-corrected chi connectivity index (χ0v) is 6.90. The van der Waals surface area contributed by atoms with E-state index in [2.05, 4.69) is 4.99 Å². The molecule has 0 aromatic heterocycles. The summed E-state index contributed by atoms with van der Waals surface area (Å²) in [5.41, 5.74) is 6.95. The normalized spacial score (nSPS) is 19.4. The minimum atomic E-state index is -0.552. The summed E-state index contributed by atoms with van der Waals surface area (Å²) in [5, 5.41) is 0. The second-order valence-electron chi connectivity index (χ2n) is 2.90. The molecule has 1 aromatic carbocycles. The van der Waals surface area contributed by atoms with Crippen LogP contribution < -0.4 is 5.73 Å². The van der Waals surface area contributed by atoms with Crippen molar-refractivity contribution >= 4 is 25.2 Å². The molecule has 4 heteroatoms. The van der Waals surface area contributed by atoms with Gasteiger partial charge in [0.2, 0.25) is 0 Å². The number of rotatable bonds is 1. The van der Waals surface area contributed by atoms with Gasteiger partial charge in [0.05, 0.1) is 13.5 Å². The van der Waals surface area contributed by atoms with Gasteiger partial charge in [0.1, 0.15) is 5.71 Å². The van der Waals surface area contributed by atoms with E-state index in [1.807, 2.05) is 24.3 Å². The van der Waals surface area contributed by atoms with E-state index in [0.717, 1.165) is 11.3 Å². The van der Waals surface area contributed by atoms with E-state index >= 15 is 0 Å². The van der Waals surface area contributed by atoms with Crippen LogP contribution in [-0.2, 0) is 4.79 Å². The van der Waals surface area contributed by atoms with Crippen LogP contribution in [0.3, 0.4) is 0 Å². The van der Waals surface area contributed by atoms with Crippen LogP contribution in [0.25, 0.3) is 0 Å². The van der Waals surface area contributed by atoms with Gasteiger partial charge in [-0.05, 0) is 17.4 Å². The average Bonchev–Trinajstić information content (AvgIpc) is 2.45. The number of amides is 1. The second kappa shape index (κ2) is 2.73. The van der Waals surface area contributed by atoms with Gasteiger partial charge >= 0.3 is 0 Å². The summed E-state index contributed by atoms with van der Waals surface area (Å²) in [5.74, 6) is -1.02. The van der Waals surface area contributed by atoms with Crippen molar-refractivity contribution in [3.63, 3.8) is 0 Å². The molecule has 1 atom stereocenters. The molecular formula is C9H7BN2O. The van der Waals surface area contributed by atoms with Crippen molar-refractivity contribution in [1.82, 2.24) is 0 Å². The van der Waals surface area contributed by atoms with Crippen LogP contribution in [-0.4, -0.2) is 19.5 Å². The third kappa shape index (κ3) is 1.14. The van der Waals surface area contributed by atoms with Gasteiger partial charge in [-0.25, -0.2) is 4.99 Å². The topological polar surface area (TPSA) is 55.5 Å². The summed E-state index contributed by atoms with van der Waals surface area (Å²) in [6, 6.07) is 7.36. The molecule has 0 fully saturated rings. The van der Waals surface area contributed by atoms with Crippen molar-refractivity contribution in [1.29, 1.82) is 0 Å². The molecule has 0 spiro atoms. The van der Waals surface area contributed by atoms with Crippen LogP contribution in [0.15, 0.2) is 29.3 Å². The maximum atomic E-state index is 10.9. The number of benzene rings is 1. The molecule has 1 aromatic rings. The van der Waals surface area contributed by atoms with E-state index in [0.29, 0.717) is 0 Å². The fourth-order valence-corrected chi connectivity index (χ4v) is 1.41. The standard InChI is InChI=1S/C9H7BN2O/c10-7-5-3-1-2-4-6(5)12-8(7)9(11)13/h1-4,7H,(H2,11,13). The number of hydrogen-bond donors (Lipinski definition) is 1. The maximum absolute atomic E-state index is 10.9. The Bertz CT molecular complexity index is 400. The maximum Gasteiger partial charge on any atom is 0.262 e. The summed E-state index contributed by atoms with van der Waals surface area (Å²) in [6.07, 6.45) is 0. The molecule has 62 valence electrons. The molecule has 13 heavy (non-hydrogen) atoms. The first-order chi connectivity index (χ1) is 6.20. The molecule has 1 heterocycles. The van der Waals surface area contributed by atoms with Crippen molar-refractivity contribution in [2.75, 3.05) is 0 Å². The number of carbonyl (C=O) groups excluding carboxylic acids is 1. The fraction of sp³-hybridized carbons (Fsp3) is 0.111.